The summed E-state index contributed by atoms with van der Waals surface area (Å²) in [5, 5.41) is 0. The Morgan fingerprint density at radius 3 is 2.41 bits per heavy atom. The zero-order valence-electron chi connectivity index (χ0n) is 29.9. The minimum absolute atomic E-state index is 0.180. The first-order valence-electron chi connectivity index (χ1n) is 19.0. The van der Waals surface area contributed by atoms with Gasteiger partial charge in [0.2, 0.25) is 0 Å². The van der Waals surface area contributed by atoms with E-state index in [1.807, 2.05) is 6.07 Å². The van der Waals surface area contributed by atoms with Gasteiger partial charge in [-0.25, -0.2) is 4.79 Å². The summed E-state index contributed by atoms with van der Waals surface area (Å²) in [6.45, 7) is 8.81. The number of aryl methyl sites for hydroxylation is 1. The topological polar surface area (TPSA) is 76.2 Å². The summed E-state index contributed by atoms with van der Waals surface area (Å²) in [6.07, 6.45) is -0.120. The van der Waals surface area contributed by atoms with Gasteiger partial charge in [-0.2, -0.15) is 22.0 Å². The maximum Gasteiger partial charge on any atom is 0.453 e. The third-order valence-corrected chi connectivity index (χ3v) is 14.4. The van der Waals surface area contributed by atoms with Crippen molar-refractivity contribution in [3.8, 4) is 5.75 Å². The molecule has 1 aromatic rings. The summed E-state index contributed by atoms with van der Waals surface area (Å²) in [6, 6.07) is 4.71. The molecule has 4 fully saturated rings. The lowest BCUT2D eigenvalue weighted by Crippen LogP contribution is -2.50. The Labute approximate surface area is 300 Å². The summed E-state index contributed by atoms with van der Waals surface area (Å²) < 4.78 is 88.7. The monoisotopic (exact) mass is 744 g/mol. The van der Waals surface area contributed by atoms with E-state index in [4.69, 9.17) is 9.47 Å². The number of halogens is 5. The molecule has 1 unspecified atom stereocenters. The van der Waals surface area contributed by atoms with Crippen molar-refractivity contribution < 1.29 is 45.2 Å². The predicted octanol–water partition coefficient (Wildman–Crippen LogP) is 7.70. The number of likely N-dealkylation sites (tertiary alicyclic amines) is 1. The van der Waals surface area contributed by atoms with Gasteiger partial charge >= 0.3 is 18.2 Å². The molecule has 286 valence electrons. The molecule has 1 amide bonds. The minimum Gasteiger partial charge on any atom is -0.410 e. The lowest BCUT2D eigenvalue weighted by Gasteiger charge is -2.52. The van der Waals surface area contributed by atoms with Crippen molar-refractivity contribution >= 4 is 22.7 Å². The van der Waals surface area contributed by atoms with Crippen LogP contribution in [0.15, 0.2) is 12.1 Å². The highest BCUT2D eigenvalue weighted by Crippen LogP contribution is 2.62. The Balaban J connectivity index is 1.14. The quantitative estimate of drug-likeness (QED) is 0.216. The molecule has 3 aliphatic carbocycles. The summed E-state index contributed by atoms with van der Waals surface area (Å²) in [4.78, 5) is 30.9. The van der Waals surface area contributed by atoms with Crippen molar-refractivity contribution in [1.29, 1.82) is 0 Å². The van der Waals surface area contributed by atoms with Crippen LogP contribution in [0.4, 0.5) is 26.7 Å². The van der Waals surface area contributed by atoms with Crippen molar-refractivity contribution in [2.45, 2.75) is 115 Å². The number of amides is 1. The number of ketones is 1. The van der Waals surface area contributed by atoms with Crippen molar-refractivity contribution in [3.05, 3.63) is 28.8 Å². The first-order valence-corrected chi connectivity index (χ1v) is 20.5. The van der Waals surface area contributed by atoms with Crippen LogP contribution in [0.25, 0.3) is 0 Å². The normalized spacial score (nSPS) is 29.7. The maximum atomic E-state index is 13.5. The van der Waals surface area contributed by atoms with E-state index < -0.39 is 35.7 Å². The second-order valence-electron chi connectivity index (χ2n) is 15.7. The van der Waals surface area contributed by atoms with Crippen LogP contribution in [0.3, 0.4) is 0 Å². The molecule has 0 radical (unpaired) electrons. The molecule has 51 heavy (non-hydrogen) atoms. The smallest absolute Gasteiger partial charge is 0.410 e. The number of piperidine rings is 1. The molecule has 0 aromatic heterocycles. The fourth-order valence-corrected chi connectivity index (χ4v) is 11.2. The molecular formula is C38H53F5N2O5S. The van der Waals surface area contributed by atoms with E-state index in [1.54, 1.807) is 4.90 Å². The van der Waals surface area contributed by atoms with Gasteiger partial charge in [-0.1, -0.05) is 19.9 Å². The van der Waals surface area contributed by atoms with E-state index in [2.05, 4.69) is 24.8 Å². The Morgan fingerprint density at radius 1 is 1.02 bits per heavy atom. The van der Waals surface area contributed by atoms with E-state index in [1.165, 1.54) is 5.56 Å². The molecule has 0 N–H and O–H groups in total. The van der Waals surface area contributed by atoms with Gasteiger partial charge in [0.15, 0.2) is 0 Å². The Bertz CT molecular complexity index is 1440. The number of ether oxygens (including phenoxy) is 2. The molecular weight excluding hydrogens is 691 g/mol. The number of hydrogen-bond acceptors (Lipinski definition) is 6. The second-order valence-corrected chi connectivity index (χ2v) is 17.4. The third kappa shape index (κ3) is 8.20. The number of carbonyl (C=O) groups is 2. The maximum absolute atomic E-state index is 13.5. The Hall–Kier alpha value is -2.12. The van der Waals surface area contributed by atoms with Crippen molar-refractivity contribution in [2.75, 3.05) is 50.9 Å². The number of hydrogen-bond donors (Lipinski definition) is 0. The van der Waals surface area contributed by atoms with Crippen LogP contribution in [0.2, 0.25) is 0 Å². The van der Waals surface area contributed by atoms with Crippen LogP contribution in [0.1, 0.15) is 101 Å². The molecule has 13 heteroatoms. The molecule has 6 rings (SSSR count). The molecule has 6 atom stereocenters. The Kier molecular flexibility index (Phi) is 11.9. The van der Waals surface area contributed by atoms with Gasteiger partial charge in [0.05, 0.1) is 13.2 Å². The fraction of sp³-hybridized carbons (Fsp3) is 0.789. The van der Waals surface area contributed by atoms with Crippen molar-refractivity contribution in [2.24, 2.45) is 23.2 Å². The highest BCUT2D eigenvalue weighted by atomic mass is 32.2. The molecule has 2 saturated carbocycles. The average Bonchev–Trinajstić information content (AvgIpc) is 3.41. The number of benzene rings is 1. The van der Waals surface area contributed by atoms with Gasteiger partial charge < -0.3 is 14.4 Å². The molecule has 0 bridgehead atoms. The lowest BCUT2D eigenvalue weighted by molar-refractivity contribution is -0.284. The zero-order chi connectivity index (χ0) is 36.6. The van der Waals surface area contributed by atoms with E-state index in [0.29, 0.717) is 56.3 Å². The van der Waals surface area contributed by atoms with Crippen molar-refractivity contribution in [3.63, 3.8) is 0 Å². The largest absolute Gasteiger partial charge is 0.453 e. The van der Waals surface area contributed by atoms with Gasteiger partial charge in [0.25, 0.3) is 0 Å². The van der Waals surface area contributed by atoms with E-state index in [0.717, 1.165) is 76.0 Å². The SMILES string of the molecule is CCc1cc2c(cc1OC(=O)N1CCC(N3CCOCC3)CC1)C[C@@H](CCCS(=O)CCCC(F)(F)C(F)(F)F)[C@@H]1[C@@H]2CC[C@]2(C)C(=O)CC[C@@H]12. The van der Waals surface area contributed by atoms with E-state index in [9.17, 15) is 35.8 Å². The standard InChI is InChI=1S/C38H53F5N2O5S/c1-3-25-23-30-27(24-32(25)50-35(47)45-14-10-28(11-15-45)44-16-18-49-19-17-44)22-26(34-29(30)9-13-36(2)31(34)7-8-33(36)46)6-4-20-51(48)21-5-12-37(39,40)38(41,42)43/h23-24,26,28-29,31,34H,3-22H2,1-2H3/t26-,29-,31+,34-,36+,51?/m1/s1. The number of carbonyl (C=O) groups excluding carboxylic acids is 2. The van der Waals surface area contributed by atoms with Crippen LogP contribution in [0.5, 0.6) is 5.75 Å². The molecule has 0 spiro atoms. The minimum atomic E-state index is -5.60. The summed E-state index contributed by atoms with van der Waals surface area (Å²) in [7, 11) is -1.51. The zero-order valence-corrected chi connectivity index (χ0v) is 30.7. The van der Waals surface area contributed by atoms with E-state index >= 15 is 0 Å². The molecule has 5 aliphatic rings. The summed E-state index contributed by atoms with van der Waals surface area (Å²) in [5.74, 6) is -2.91. The number of alkyl halides is 5. The van der Waals surface area contributed by atoms with Crippen LogP contribution in [-0.2, 0) is 33.2 Å². The highest BCUT2D eigenvalue weighted by molar-refractivity contribution is 7.84. The van der Waals surface area contributed by atoms with Gasteiger partial charge in [0.1, 0.15) is 11.5 Å². The van der Waals surface area contributed by atoms with Crippen LogP contribution < -0.4 is 4.74 Å². The average molecular weight is 745 g/mol. The molecule has 7 nitrogen and oxygen atoms in total. The molecule has 1 aromatic carbocycles. The van der Waals surface area contributed by atoms with Crippen LogP contribution in [0, 0.1) is 23.2 Å². The first kappa shape index (κ1) is 38.6. The van der Waals surface area contributed by atoms with Crippen molar-refractivity contribution in [1.82, 2.24) is 9.80 Å². The lowest BCUT2D eigenvalue weighted by atomic mass is 9.52. The predicted molar refractivity (Wildman–Crippen MR) is 185 cm³/mol. The number of morpholine rings is 1. The van der Waals surface area contributed by atoms with Gasteiger partial charge in [-0.05, 0) is 111 Å². The number of nitrogens with zero attached hydrogens (tertiary/aromatic N) is 2. The van der Waals surface area contributed by atoms with Gasteiger partial charge in [-0.15, -0.1) is 0 Å². The second kappa shape index (κ2) is 15.7. The van der Waals surface area contributed by atoms with Gasteiger partial charge in [-0.3, -0.25) is 13.9 Å². The first-order chi connectivity index (χ1) is 24.2. The van der Waals surface area contributed by atoms with Crippen LogP contribution >= 0.6 is 0 Å². The number of Topliss-reactive ketones (excluding diaryl/α,β-unsaturated/α-hetero) is 1. The number of fused-ring (bicyclic) bond motifs is 5. The highest BCUT2D eigenvalue weighted by Gasteiger charge is 2.57. The fourth-order valence-electron chi connectivity index (χ4n) is 10.0. The van der Waals surface area contributed by atoms with E-state index in [-0.39, 0.29) is 46.7 Å². The summed E-state index contributed by atoms with van der Waals surface area (Å²) in [5.41, 5.74) is 3.04. The summed E-state index contributed by atoms with van der Waals surface area (Å²) >= 11 is 0. The molecule has 2 heterocycles. The molecule has 2 saturated heterocycles. The Morgan fingerprint density at radius 2 is 1.73 bits per heavy atom. The number of rotatable bonds is 11. The third-order valence-electron chi connectivity index (χ3n) is 12.9. The molecule has 2 aliphatic heterocycles. The van der Waals surface area contributed by atoms with Gasteiger partial charge in [0, 0.05) is 72.8 Å². The van der Waals surface area contributed by atoms with Crippen LogP contribution in [-0.4, -0.2) is 94.9 Å².